The molecular weight excluding hydrogens is 272 g/mol. The van der Waals surface area contributed by atoms with E-state index in [4.69, 9.17) is 0 Å². The number of allylic oxidation sites excluding steroid dienone is 1. The summed E-state index contributed by atoms with van der Waals surface area (Å²) in [5, 5.41) is 10.7. The van der Waals surface area contributed by atoms with Crippen LogP contribution in [0.1, 0.15) is 71.1 Å². The topological polar surface area (TPSA) is 37.3 Å². The van der Waals surface area contributed by atoms with E-state index in [9.17, 15) is 9.90 Å². The van der Waals surface area contributed by atoms with Crippen LogP contribution in [0, 0.1) is 29.1 Å². The van der Waals surface area contributed by atoms with Crippen LogP contribution in [0.5, 0.6) is 0 Å². The van der Waals surface area contributed by atoms with Crippen molar-refractivity contribution in [2.45, 2.75) is 77.2 Å². The molecule has 0 heterocycles. The maximum Gasteiger partial charge on any atom is 0.155 e. The fourth-order valence-corrected chi connectivity index (χ4v) is 6.91. The van der Waals surface area contributed by atoms with Gasteiger partial charge in [0.2, 0.25) is 0 Å². The fourth-order valence-electron chi connectivity index (χ4n) is 6.91. The summed E-state index contributed by atoms with van der Waals surface area (Å²) in [4.78, 5) is 11.7. The molecule has 6 atom stereocenters. The number of aliphatic hydroxyl groups is 1. The third-order valence-electron chi connectivity index (χ3n) is 7.69. The fraction of sp³-hybridized carbons (Fsp3) is 0.850. The monoisotopic (exact) mass is 302 g/mol. The maximum absolute atomic E-state index is 11.7. The molecule has 0 aromatic rings. The van der Waals surface area contributed by atoms with E-state index >= 15 is 0 Å². The number of aliphatic hydroxyl groups excluding tert-OH is 1. The second kappa shape index (κ2) is 5.47. The predicted molar refractivity (Wildman–Crippen MR) is 87.3 cm³/mol. The van der Waals surface area contributed by atoms with Gasteiger partial charge in [-0.15, -0.1) is 0 Å². The lowest BCUT2D eigenvalue weighted by atomic mass is 9.51. The van der Waals surface area contributed by atoms with E-state index in [-0.39, 0.29) is 11.5 Å². The van der Waals surface area contributed by atoms with Crippen molar-refractivity contribution in [3.05, 3.63) is 11.6 Å². The van der Waals surface area contributed by atoms with Gasteiger partial charge in [-0.25, -0.2) is 0 Å². The zero-order valence-electron chi connectivity index (χ0n) is 13.9. The van der Waals surface area contributed by atoms with Crippen molar-refractivity contribution in [1.29, 1.82) is 0 Å². The van der Waals surface area contributed by atoms with Crippen molar-refractivity contribution < 1.29 is 9.90 Å². The first-order valence-corrected chi connectivity index (χ1v) is 9.57. The largest absolute Gasteiger partial charge is 0.393 e. The Balaban J connectivity index is 1.62. The van der Waals surface area contributed by atoms with E-state index in [1.54, 1.807) is 0 Å². The summed E-state index contributed by atoms with van der Waals surface area (Å²) < 4.78 is 0. The molecule has 3 saturated carbocycles. The molecule has 0 amide bonds. The van der Waals surface area contributed by atoms with E-state index in [1.165, 1.54) is 44.1 Å². The second-order valence-electron chi connectivity index (χ2n) is 8.42. The van der Waals surface area contributed by atoms with Crippen molar-refractivity contribution >= 4 is 5.78 Å². The summed E-state index contributed by atoms with van der Waals surface area (Å²) >= 11 is 0. The molecule has 4 aliphatic rings. The van der Waals surface area contributed by atoms with E-state index in [1.807, 2.05) is 6.08 Å². The molecule has 0 radical (unpaired) electrons. The van der Waals surface area contributed by atoms with Crippen molar-refractivity contribution in [3.63, 3.8) is 0 Å². The Kier molecular flexibility index (Phi) is 3.71. The molecule has 0 bridgehead atoms. The molecule has 122 valence electrons. The molecule has 2 nitrogen and oxygen atoms in total. The first kappa shape index (κ1) is 14.9. The molecule has 5 unspecified atom stereocenters. The van der Waals surface area contributed by atoms with Crippen molar-refractivity contribution in [2.75, 3.05) is 0 Å². The van der Waals surface area contributed by atoms with Crippen LogP contribution in [0.25, 0.3) is 0 Å². The summed E-state index contributed by atoms with van der Waals surface area (Å²) in [6.07, 6.45) is 13.4. The number of carbonyl (C=O) groups excluding carboxylic acids is 1. The minimum Gasteiger partial charge on any atom is -0.393 e. The molecule has 0 aromatic heterocycles. The Hall–Kier alpha value is -0.630. The molecule has 2 heteroatoms. The van der Waals surface area contributed by atoms with Gasteiger partial charge in [0.05, 0.1) is 6.10 Å². The normalized spacial score (nSPS) is 47.5. The average Bonchev–Trinajstić information content (AvgIpc) is 2.84. The molecule has 22 heavy (non-hydrogen) atoms. The van der Waals surface area contributed by atoms with Gasteiger partial charge >= 0.3 is 0 Å². The minimum absolute atomic E-state index is 0.0525. The molecule has 4 rings (SSSR count). The average molecular weight is 302 g/mol. The van der Waals surface area contributed by atoms with Crippen molar-refractivity contribution in [3.8, 4) is 0 Å². The molecule has 0 aliphatic heterocycles. The number of carbonyl (C=O) groups is 1. The van der Waals surface area contributed by atoms with E-state index in [0.29, 0.717) is 11.7 Å². The number of fused-ring (bicyclic) bond motifs is 5. The Morgan fingerprint density at radius 2 is 2.00 bits per heavy atom. The quantitative estimate of drug-likeness (QED) is 0.827. The van der Waals surface area contributed by atoms with Gasteiger partial charge in [0, 0.05) is 6.42 Å². The van der Waals surface area contributed by atoms with Crippen LogP contribution in [-0.2, 0) is 4.79 Å². The van der Waals surface area contributed by atoms with Crippen LogP contribution < -0.4 is 0 Å². The number of rotatable bonds is 2. The van der Waals surface area contributed by atoms with E-state index in [0.717, 1.165) is 43.4 Å². The predicted octanol–water partition coefficient (Wildman–Crippen LogP) is 4.27. The first-order chi connectivity index (χ1) is 10.7. The molecule has 3 fully saturated rings. The third kappa shape index (κ3) is 2.06. The number of ketones is 1. The highest BCUT2D eigenvalue weighted by Crippen LogP contribution is 2.63. The van der Waals surface area contributed by atoms with Crippen LogP contribution in [0.2, 0.25) is 0 Å². The molecule has 0 aromatic carbocycles. The lowest BCUT2D eigenvalue weighted by molar-refractivity contribution is -0.116. The maximum atomic E-state index is 11.7. The van der Waals surface area contributed by atoms with Gasteiger partial charge in [0.1, 0.15) is 0 Å². The number of hydrogen-bond acceptors (Lipinski definition) is 2. The lowest BCUT2D eigenvalue weighted by Crippen LogP contribution is -2.49. The van der Waals surface area contributed by atoms with Gasteiger partial charge in [0.25, 0.3) is 0 Å². The van der Waals surface area contributed by atoms with Crippen LogP contribution in [-0.4, -0.2) is 17.0 Å². The third-order valence-corrected chi connectivity index (χ3v) is 7.69. The van der Waals surface area contributed by atoms with Crippen LogP contribution in [0.3, 0.4) is 0 Å². The van der Waals surface area contributed by atoms with Gasteiger partial charge in [0.15, 0.2) is 5.78 Å². The molecule has 0 saturated heterocycles. The Morgan fingerprint density at radius 3 is 2.82 bits per heavy atom. The van der Waals surface area contributed by atoms with E-state index in [2.05, 4.69) is 6.92 Å². The second-order valence-corrected chi connectivity index (χ2v) is 8.42. The lowest BCUT2D eigenvalue weighted by Gasteiger charge is -2.54. The number of hydrogen-bond donors (Lipinski definition) is 1. The Labute approximate surface area is 134 Å². The van der Waals surface area contributed by atoms with Gasteiger partial charge in [-0.1, -0.05) is 18.9 Å². The van der Waals surface area contributed by atoms with Crippen molar-refractivity contribution in [2.24, 2.45) is 29.1 Å². The first-order valence-electron chi connectivity index (χ1n) is 9.57. The molecule has 4 aliphatic carbocycles. The zero-order valence-corrected chi connectivity index (χ0v) is 13.9. The summed E-state index contributed by atoms with van der Waals surface area (Å²) in [6.45, 7) is 2.28. The summed E-state index contributed by atoms with van der Waals surface area (Å²) in [5.41, 5.74) is 1.71. The molecular formula is C20H30O2. The van der Waals surface area contributed by atoms with E-state index < -0.39 is 0 Å². The van der Waals surface area contributed by atoms with Crippen LogP contribution in [0.4, 0.5) is 0 Å². The highest BCUT2D eigenvalue weighted by molar-refractivity contribution is 5.91. The van der Waals surface area contributed by atoms with Gasteiger partial charge in [-0.3, -0.25) is 4.79 Å². The van der Waals surface area contributed by atoms with Gasteiger partial charge in [-0.05, 0) is 86.5 Å². The van der Waals surface area contributed by atoms with Crippen molar-refractivity contribution in [1.82, 2.24) is 0 Å². The van der Waals surface area contributed by atoms with Crippen LogP contribution in [0.15, 0.2) is 11.6 Å². The minimum atomic E-state index is -0.0525. The van der Waals surface area contributed by atoms with Gasteiger partial charge in [-0.2, -0.15) is 0 Å². The SMILES string of the molecule is CCCC12CCC3C4CCC(=O)C=C4CCC3C1CC[C@@H]2O. The summed E-state index contributed by atoms with van der Waals surface area (Å²) in [5.74, 6) is 3.41. The Morgan fingerprint density at radius 1 is 1.14 bits per heavy atom. The summed E-state index contributed by atoms with van der Waals surface area (Å²) in [7, 11) is 0. The Bertz CT molecular complexity index is 494. The summed E-state index contributed by atoms with van der Waals surface area (Å²) in [6, 6.07) is 0. The standard InChI is InChI=1S/C20H30O2/c1-2-10-20-11-9-16-15-6-4-14(21)12-13(15)3-5-17(16)18(20)7-8-19(20)22/h12,15-19,22H,2-11H2,1H3/t15?,16?,17?,18?,19-,20?/m0/s1. The zero-order chi connectivity index (χ0) is 15.3. The molecule has 1 N–H and O–H groups in total. The smallest absolute Gasteiger partial charge is 0.155 e. The molecule has 0 spiro atoms. The van der Waals surface area contributed by atoms with Crippen LogP contribution >= 0.6 is 0 Å². The highest BCUT2D eigenvalue weighted by Gasteiger charge is 2.57. The highest BCUT2D eigenvalue weighted by atomic mass is 16.3. The van der Waals surface area contributed by atoms with Gasteiger partial charge < -0.3 is 5.11 Å².